The number of hydrogen-bond acceptors (Lipinski definition) is 3. The maximum atomic E-state index is 11.9. The highest BCUT2D eigenvalue weighted by atomic mass is 19.3. The van der Waals surface area contributed by atoms with Gasteiger partial charge in [-0.2, -0.15) is 8.78 Å². The van der Waals surface area contributed by atoms with E-state index in [0.29, 0.717) is 18.5 Å². The van der Waals surface area contributed by atoms with Gasteiger partial charge in [-0.15, -0.1) is 0 Å². The Morgan fingerprint density at radius 2 is 1.95 bits per heavy atom. The highest BCUT2D eigenvalue weighted by Crippen LogP contribution is 2.18. The normalized spacial score (nSPS) is 11.5. The topological polar surface area (TPSA) is 64.4 Å². The molecule has 19 heavy (non-hydrogen) atoms. The van der Waals surface area contributed by atoms with Crippen molar-refractivity contribution in [2.24, 2.45) is 5.73 Å². The van der Waals surface area contributed by atoms with Crippen LogP contribution < -0.4 is 15.8 Å². The van der Waals surface area contributed by atoms with Crippen molar-refractivity contribution in [1.29, 1.82) is 0 Å². The summed E-state index contributed by atoms with van der Waals surface area (Å²) in [4.78, 5) is 11.6. The summed E-state index contributed by atoms with van der Waals surface area (Å²) < 4.78 is 28.1. The molecule has 0 heterocycles. The molecular formula is C13H18F2N2O2. The zero-order valence-electron chi connectivity index (χ0n) is 11.0. The number of hydrogen-bond donors (Lipinski definition) is 2. The molecular weight excluding hydrogens is 254 g/mol. The second-order valence-corrected chi connectivity index (χ2v) is 4.94. The number of nitrogens with one attached hydrogen (secondary N) is 1. The van der Waals surface area contributed by atoms with Crippen LogP contribution in [-0.2, 0) is 4.79 Å². The molecule has 4 nitrogen and oxygen atoms in total. The van der Waals surface area contributed by atoms with Gasteiger partial charge in [-0.25, -0.2) is 0 Å². The highest BCUT2D eigenvalue weighted by Gasteiger charge is 2.13. The Labute approximate surface area is 110 Å². The van der Waals surface area contributed by atoms with E-state index < -0.39 is 12.2 Å². The molecule has 0 fully saturated rings. The van der Waals surface area contributed by atoms with Crippen LogP contribution in [0.1, 0.15) is 26.7 Å². The maximum Gasteiger partial charge on any atom is 0.387 e. The first-order valence-corrected chi connectivity index (χ1v) is 5.90. The molecule has 0 aromatic heterocycles. The fourth-order valence-electron chi connectivity index (χ4n) is 1.38. The van der Waals surface area contributed by atoms with Gasteiger partial charge in [0, 0.05) is 17.6 Å². The number of carbonyl (C=O) groups excluding carboxylic acids is 1. The average molecular weight is 272 g/mol. The second kappa shape index (κ2) is 6.47. The SMILES string of the molecule is CC(C)(N)CCC(=O)Nc1ccc(OC(F)F)cc1. The van der Waals surface area contributed by atoms with E-state index in [1.807, 2.05) is 13.8 Å². The van der Waals surface area contributed by atoms with Gasteiger partial charge in [0.1, 0.15) is 5.75 Å². The molecule has 0 aliphatic heterocycles. The summed E-state index contributed by atoms with van der Waals surface area (Å²) in [5, 5.41) is 2.66. The third kappa shape index (κ3) is 6.71. The quantitative estimate of drug-likeness (QED) is 0.837. The van der Waals surface area contributed by atoms with Gasteiger partial charge < -0.3 is 15.8 Å². The summed E-state index contributed by atoms with van der Waals surface area (Å²) in [5.74, 6) is -0.114. The summed E-state index contributed by atoms with van der Waals surface area (Å²) in [7, 11) is 0. The highest BCUT2D eigenvalue weighted by molar-refractivity contribution is 5.90. The molecule has 1 amide bonds. The van der Waals surface area contributed by atoms with Crippen molar-refractivity contribution in [3.8, 4) is 5.75 Å². The molecule has 0 saturated heterocycles. The number of alkyl halides is 2. The molecule has 3 N–H and O–H groups in total. The minimum Gasteiger partial charge on any atom is -0.435 e. The third-order valence-corrected chi connectivity index (χ3v) is 2.36. The lowest BCUT2D eigenvalue weighted by molar-refractivity contribution is -0.116. The van der Waals surface area contributed by atoms with Crippen LogP contribution in [0, 0.1) is 0 Å². The molecule has 0 unspecified atom stereocenters. The van der Waals surface area contributed by atoms with Crippen LogP contribution >= 0.6 is 0 Å². The lowest BCUT2D eigenvalue weighted by Gasteiger charge is -2.17. The zero-order chi connectivity index (χ0) is 14.5. The number of carbonyl (C=O) groups is 1. The molecule has 1 rings (SSSR count). The summed E-state index contributed by atoms with van der Waals surface area (Å²) in [5.41, 5.74) is 5.91. The summed E-state index contributed by atoms with van der Waals surface area (Å²) in [6, 6.07) is 5.75. The Morgan fingerprint density at radius 3 is 2.42 bits per heavy atom. The maximum absolute atomic E-state index is 11.9. The molecule has 0 saturated carbocycles. The van der Waals surface area contributed by atoms with Crippen molar-refractivity contribution in [1.82, 2.24) is 0 Å². The van der Waals surface area contributed by atoms with Crippen molar-refractivity contribution in [3.63, 3.8) is 0 Å². The molecule has 0 spiro atoms. The molecule has 106 valence electrons. The number of halogens is 2. The van der Waals surface area contributed by atoms with E-state index >= 15 is 0 Å². The molecule has 6 heteroatoms. The molecule has 0 atom stereocenters. The number of ether oxygens (including phenoxy) is 1. The van der Waals surface area contributed by atoms with Gasteiger partial charge in [0.25, 0.3) is 0 Å². The van der Waals surface area contributed by atoms with E-state index in [4.69, 9.17) is 5.73 Å². The molecule has 0 bridgehead atoms. The first-order chi connectivity index (χ1) is 8.76. The van der Waals surface area contributed by atoms with Crippen molar-refractivity contribution in [2.75, 3.05) is 5.32 Å². The fourth-order valence-corrected chi connectivity index (χ4v) is 1.38. The van der Waals surface area contributed by atoms with Gasteiger partial charge in [0.05, 0.1) is 0 Å². The Morgan fingerprint density at radius 1 is 1.37 bits per heavy atom. The van der Waals surface area contributed by atoms with Crippen LogP contribution in [0.5, 0.6) is 5.75 Å². The predicted molar refractivity (Wildman–Crippen MR) is 69.2 cm³/mol. The van der Waals surface area contributed by atoms with Crippen molar-refractivity contribution in [2.45, 2.75) is 38.8 Å². The number of benzene rings is 1. The number of rotatable bonds is 6. The summed E-state index contributed by atoms with van der Waals surface area (Å²) in [6.07, 6.45) is 0.865. The molecule has 0 aliphatic carbocycles. The largest absolute Gasteiger partial charge is 0.435 e. The Balaban J connectivity index is 2.47. The van der Waals surface area contributed by atoms with Crippen LogP contribution in [0.3, 0.4) is 0 Å². The van der Waals surface area contributed by atoms with Crippen LogP contribution in [0.2, 0.25) is 0 Å². The molecule has 0 radical (unpaired) electrons. The monoisotopic (exact) mass is 272 g/mol. The standard InChI is InChI=1S/C13H18F2N2O2/c1-13(2,16)8-7-11(18)17-9-3-5-10(6-4-9)19-12(14)15/h3-6,12H,7-8,16H2,1-2H3,(H,17,18). The average Bonchev–Trinajstić information content (AvgIpc) is 2.28. The van der Waals surface area contributed by atoms with Gasteiger partial charge in [0.15, 0.2) is 0 Å². The smallest absolute Gasteiger partial charge is 0.387 e. The lowest BCUT2D eigenvalue weighted by Crippen LogP contribution is -2.33. The Kier molecular flexibility index (Phi) is 5.23. The van der Waals surface area contributed by atoms with Gasteiger partial charge in [-0.3, -0.25) is 4.79 Å². The van der Waals surface area contributed by atoms with Gasteiger partial charge in [0.2, 0.25) is 5.91 Å². The first-order valence-electron chi connectivity index (χ1n) is 5.90. The van der Waals surface area contributed by atoms with Crippen LogP contribution in [0.15, 0.2) is 24.3 Å². The zero-order valence-corrected chi connectivity index (χ0v) is 11.0. The lowest BCUT2D eigenvalue weighted by atomic mass is 10.00. The van der Waals surface area contributed by atoms with Gasteiger partial charge in [-0.05, 0) is 44.5 Å². The molecule has 1 aromatic carbocycles. The summed E-state index contributed by atoms with van der Waals surface area (Å²) >= 11 is 0. The van der Waals surface area contributed by atoms with E-state index in [2.05, 4.69) is 10.1 Å². The van der Waals surface area contributed by atoms with E-state index in [-0.39, 0.29) is 11.7 Å². The summed E-state index contributed by atoms with van der Waals surface area (Å²) in [6.45, 7) is 0.834. The van der Waals surface area contributed by atoms with Crippen LogP contribution in [-0.4, -0.2) is 18.1 Å². The van der Waals surface area contributed by atoms with Crippen LogP contribution in [0.25, 0.3) is 0 Å². The van der Waals surface area contributed by atoms with Gasteiger partial charge in [-0.1, -0.05) is 0 Å². The second-order valence-electron chi connectivity index (χ2n) is 4.94. The third-order valence-electron chi connectivity index (χ3n) is 2.36. The predicted octanol–water partition coefficient (Wildman–Crippen LogP) is 2.74. The number of amides is 1. The van der Waals surface area contributed by atoms with E-state index in [0.717, 1.165) is 0 Å². The number of anilines is 1. The van der Waals surface area contributed by atoms with Crippen molar-refractivity contribution < 1.29 is 18.3 Å². The Hall–Kier alpha value is -1.69. The number of nitrogens with two attached hydrogens (primary N) is 1. The van der Waals surface area contributed by atoms with E-state index in [1.54, 1.807) is 0 Å². The van der Waals surface area contributed by atoms with Crippen molar-refractivity contribution in [3.05, 3.63) is 24.3 Å². The minimum atomic E-state index is -2.85. The first kappa shape index (κ1) is 15.4. The van der Waals surface area contributed by atoms with E-state index in [1.165, 1.54) is 24.3 Å². The van der Waals surface area contributed by atoms with Crippen molar-refractivity contribution >= 4 is 11.6 Å². The van der Waals surface area contributed by atoms with Gasteiger partial charge >= 0.3 is 6.61 Å². The van der Waals surface area contributed by atoms with Crippen LogP contribution in [0.4, 0.5) is 14.5 Å². The molecule has 0 aliphatic rings. The molecule has 1 aromatic rings. The Bertz CT molecular complexity index is 414. The fraction of sp³-hybridized carbons (Fsp3) is 0.462. The minimum absolute atomic E-state index is 0.0519. The van der Waals surface area contributed by atoms with E-state index in [9.17, 15) is 13.6 Å².